The normalized spacial score (nSPS) is 22.6. The Morgan fingerprint density at radius 3 is 2.50 bits per heavy atom. The molecule has 0 aromatic heterocycles. The van der Waals surface area contributed by atoms with Gasteiger partial charge < -0.3 is 25.7 Å². The number of rotatable bonds is 6. The fourth-order valence-corrected chi connectivity index (χ4v) is 3.59. The summed E-state index contributed by atoms with van der Waals surface area (Å²) in [6.07, 6.45) is -0.414. The molecule has 1 fully saturated rings. The molecule has 8 heteroatoms. The highest BCUT2D eigenvalue weighted by Crippen LogP contribution is 2.46. The number of carboxylic acids is 1. The van der Waals surface area contributed by atoms with Crippen LogP contribution in [0.25, 0.3) is 5.57 Å². The number of carbonyl (C=O) groups is 3. The fraction of sp³-hybridized carbons (Fsp3) is 0.389. The molecule has 1 aromatic carbocycles. The molecule has 3 rings (SSSR count). The van der Waals surface area contributed by atoms with Crippen LogP contribution in [-0.4, -0.2) is 58.6 Å². The van der Waals surface area contributed by atoms with Crippen molar-refractivity contribution in [3.8, 4) is 0 Å². The minimum Gasteiger partial charge on any atom is -0.477 e. The van der Waals surface area contributed by atoms with E-state index >= 15 is 0 Å². The van der Waals surface area contributed by atoms with Gasteiger partial charge in [0, 0.05) is 12.7 Å². The van der Waals surface area contributed by atoms with E-state index in [2.05, 4.69) is 10.6 Å². The second-order valence-corrected chi connectivity index (χ2v) is 6.48. The van der Waals surface area contributed by atoms with Gasteiger partial charge in [-0.1, -0.05) is 12.1 Å². The van der Waals surface area contributed by atoms with Gasteiger partial charge in [0.1, 0.15) is 5.70 Å². The van der Waals surface area contributed by atoms with Gasteiger partial charge >= 0.3 is 5.97 Å². The quantitative estimate of drug-likeness (QED) is 0.541. The van der Waals surface area contributed by atoms with Crippen LogP contribution in [0.15, 0.2) is 30.0 Å². The summed E-state index contributed by atoms with van der Waals surface area (Å²) in [7, 11) is 1.55. The lowest BCUT2D eigenvalue weighted by molar-refractivity contribution is -0.161. The second-order valence-electron chi connectivity index (χ2n) is 6.48. The van der Waals surface area contributed by atoms with E-state index in [9.17, 15) is 24.6 Å². The van der Waals surface area contributed by atoms with Crippen LogP contribution in [0.2, 0.25) is 0 Å². The molecule has 26 heavy (non-hydrogen) atoms. The zero-order valence-corrected chi connectivity index (χ0v) is 14.5. The summed E-state index contributed by atoms with van der Waals surface area (Å²) in [5.74, 6) is -2.20. The average Bonchev–Trinajstić information content (AvgIpc) is 2.95. The van der Waals surface area contributed by atoms with Gasteiger partial charge in [-0.25, -0.2) is 4.79 Å². The Morgan fingerprint density at radius 1 is 1.31 bits per heavy atom. The van der Waals surface area contributed by atoms with Gasteiger partial charge in [-0.05, 0) is 36.6 Å². The number of benzene rings is 1. The SMILES string of the molecule is CNC(=O)CNc1ccc(C2=C(C(=O)O)N3C(=O)[C@H]([C@@H](C)O)[C@H]3C2)cc1. The predicted octanol–water partition coefficient (Wildman–Crippen LogP) is 0.252. The number of nitrogens with zero attached hydrogens (tertiary/aromatic N) is 1. The molecule has 0 saturated carbocycles. The molecule has 2 aliphatic heterocycles. The number of amides is 2. The first-order valence-electron chi connectivity index (χ1n) is 8.37. The van der Waals surface area contributed by atoms with Crippen molar-refractivity contribution >= 4 is 29.0 Å². The molecule has 0 aliphatic carbocycles. The van der Waals surface area contributed by atoms with Gasteiger partial charge in [-0.3, -0.25) is 9.59 Å². The third-order valence-electron chi connectivity index (χ3n) is 4.90. The lowest BCUT2D eigenvalue weighted by Gasteiger charge is -2.44. The molecule has 2 amide bonds. The van der Waals surface area contributed by atoms with Gasteiger partial charge in [-0.15, -0.1) is 0 Å². The van der Waals surface area contributed by atoms with Gasteiger partial charge in [-0.2, -0.15) is 0 Å². The first-order valence-corrected chi connectivity index (χ1v) is 8.37. The number of aliphatic carboxylic acids is 1. The Bertz CT molecular complexity index is 785. The van der Waals surface area contributed by atoms with E-state index in [1.54, 1.807) is 38.2 Å². The first kappa shape index (κ1) is 17.9. The van der Waals surface area contributed by atoms with Crippen LogP contribution in [-0.2, 0) is 14.4 Å². The molecule has 1 saturated heterocycles. The maximum Gasteiger partial charge on any atom is 0.352 e. The number of carboxylic acid groups (broad SMARTS) is 1. The molecule has 0 unspecified atom stereocenters. The van der Waals surface area contributed by atoms with Crippen molar-refractivity contribution in [2.24, 2.45) is 5.92 Å². The third-order valence-corrected chi connectivity index (χ3v) is 4.90. The van der Waals surface area contributed by atoms with Crippen molar-refractivity contribution in [2.75, 3.05) is 18.9 Å². The first-order chi connectivity index (χ1) is 12.3. The summed E-state index contributed by atoms with van der Waals surface area (Å²) in [4.78, 5) is 36.5. The topological polar surface area (TPSA) is 119 Å². The third kappa shape index (κ3) is 2.92. The average molecular weight is 359 g/mol. The number of hydrogen-bond donors (Lipinski definition) is 4. The van der Waals surface area contributed by atoms with E-state index in [4.69, 9.17) is 0 Å². The number of likely N-dealkylation sites (N-methyl/N-ethyl adjacent to an activating group) is 1. The minimum atomic E-state index is -1.15. The molecule has 2 heterocycles. The minimum absolute atomic E-state index is 0.0111. The van der Waals surface area contributed by atoms with Crippen LogP contribution in [0.3, 0.4) is 0 Å². The number of fused-ring (bicyclic) bond motifs is 1. The van der Waals surface area contributed by atoms with Crippen molar-refractivity contribution in [2.45, 2.75) is 25.5 Å². The molecule has 3 atom stereocenters. The van der Waals surface area contributed by atoms with Crippen LogP contribution in [0.5, 0.6) is 0 Å². The van der Waals surface area contributed by atoms with Crippen molar-refractivity contribution in [3.63, 3.8) is 0 Å². The number of hydrogen-bond acceptors (Lipinski definition) is 5. The van der Waals surface area contributed by atoms with Crippen molar-refractivity contribution in [1.82, 2.24) is 10.2 Å². The number of β-lactam (4-membered cyclic amide) rings is 1. The van der Waals surface area contributed by atoms with E-state index in [-0.39, 0.29) is 30.1 Å². The highest BCUT2D eigenvalue weighted by atomic mass is 16.4. The van der Waals surface area contributed by atoms with Crippen LogP contribution < -0.4 is 10.6 Å². The Morgan fingerprint density at radius 2 is 1.96 bits per heavy atom. The molecular weight excluding hydrogens is 338 g/mol. The summed E-state index contributed by atoms with van der Waals surface area (Å²) in [6.45, 7) is 1.69. The van der Waals surface area contributed by atoms with Crippen molar-refractivity contribution in [1.29, 1.82) is 0 Å². The highest BCUT2D eigenvalue weighted by Gasteiger charge is 2.56. The summed E-state index contributed by atoms with van der Waals surface area (Å²) in [6, 6.07) is 6.73. The Kier molecular flexibility index (Phi) is 4.69. The van der Waals surface area contributed by atoms with Gasteiger partial charge in [0.05, 0.1) is 24.6 Å². The predicted molar refractivity (Wildman–Crippen MR) is 94.0 cm³/mol. The summed E-state index contributed by atoms with van der Waals surface area (Å²) in [5, 5.41) is 24.8. The van der Waals surface area contributed by atoms with Gasteiger partial charge in [0.25, 0.3) is 0 Å². The van der Waals surface area contributed by atoms with Crippen LogP contribution >= 0.6 is 0 Å². The van der Waals surface area contributed by atoms with E-state index in [0.29, 0.717) is 17.6 Å². The molecule has 2 aliphatic rings. The lowest BCUT2D eigenvalue weighted by Crippen LogP contribution is -2.61. The van der Waals surface area contributed by atoms with Crippen molar-refractivity contribution in [3.05, 3.63) is 35.5 Å². The van der Waals surface area contributed by atoms with E-state index in [1.807, 2.05) is 0 Å². The Hall–Kier alpha value is -2.87. The van der Waals surface area contributed by atoms with Crippen LogP contribution in [0.1, 0.15) is 18.9 Å². The maximum atomic E-state index is 12.2. The molecule has 1 aromatic rings. The highest BCUT2D eigenvalue weighted by molar-refractivity contribution is 6.06. The summed E-state index contributed by atoms with van der Waals surface area (Å²) in [5.41, 5.74) is 2.01. The molecule has 0 spiro atoms. The Balaban J connectivity index is 1.83. The summed E-state index contributed by atoms with van der Waals surface area (Å²) >= 11 is 0. The number of aliphatic hydroxyl groups excluding tert-OH is 1. The summed E-state index contributed by atoms with van der Waals surface area (Å²) < 4.78 is 0. The zero-order chi connectivity index (χ0) is 19.0. The lowest BCUT2D eigenvalue weighted by atomic mass is 9.82. The molecule has 0 radical (unpaired) electrons. The van der Waals surface area contributed by atoms with Gasteiger partial charge in [0.2, 0.25) is 11.8 Å². The zero-order valence-electron chi connectivity index (χ0n) is 14.5. The smallest absolute Gasteiger partial charge is 0.352 e. The fourth-order valence-electron chi connectivity index (χ4n) is 3.59. The number of nitrogens with one attached hydrogen (secondary N) is 2. The van der Waals surface area contributed by atoms with Crippen molar-refractivity contribution < 1.29 is 24.6 Å². The number of carbonyl (C=O) groups excluding carboxylic acids is 2. The largest absolute Gasteiger partial charge is 0.477 e. The Labute approximate surface area is 150 Å². The number of aliphatic hydroxyl groups is 1. The van der Waals surface area contributed by atoms with E-state index in [0.717, 1.165) is 5.69 Å². The second kappa shape index (κ2) is 6.80. The standard InChI is InChI=1S/C18H21N3O5/c1-9(22)15-13-7-12(16(18(25)26)21(13)17(15)24)10-3-5-11(6-4-10)20-8-14(23)19-2/h3-6,9,13,15,20,22H,7-8H2,1-2H3,(H,19,23)(H,25,26)/t9-,13-,15-/m1/s1. The van der Waals surface area contributed by atoms with E-state index < -0.39 is 18.0 Å². The molecule has 8 nitrogen and oxygen atoms in total. The molecular formula is C18H21N3O5. The molecule has 4 N–H and O–H groups in total. The monoisotopic (exact) mass is 359 g/mol. The number of anilines is 1. The van der Waals surface area contributed by atoms with Crippen LogP contribution in [0.4, 0.5) is 5.69 Å². The molecule has 138 valence electrons. The van der Waals surface area contributed by atoms with Crippen LogP contribution in [0, 0.1) is 5.92 Å². The maximum absolute atomic E-state index is 12.2. The van der Waals surface area contributed by atoms with E-state index in [1.165, 1.54) is 4.90 Å². The molecule has 0 bridgehead atoms. The van der Waals surface area contributed by atoms with Gasteiger partial charge in [0.15, 0.2) is 0 Å².